The van der Waals surface area contributed by atoms with E-state index in [2.05, 4.69) is 5.32 Å². The number of ether oxygens (including phenoxy) is 1. The van der Waals surface area contributed by atoms with Crippen molar-refractivity contribution in [2.24, 2.45) is 5.92 Å². The number of hydrogen-bond acceptors (Lipinski definition) is 3. The summed E-state index contributed by atoms with van der Waals surface area (Å²) >= 11 is 0. The van der Waals surface area contributed by atoms with E-state index in [0.29, 0.717) is 19.5 Å². The van der Waals surface area contributed by atoms with E-state index in [1.807, 2.05) is 27.7 Å². The molecular formula is C14H26N2O3. The number of carbonyl (C=O) groups excluding carboxylic acids is 2. The highest BCUT2D eigenvalue weighted by atomic mass is 16.5. The van der Waals surface area contributed by atoms with E-state index < -0.39 is 11.6 Å². The van der Waals surface area contributed by atoms with E-state index in [9.17, 15) is 9.59 Å². The molecule has 0 bridgehead atoms. The van der Waals surface area contributed by atoms with Crippen LogP contribution in [-0.2, 0) is 14.3 Å². The minimum atomic E-state index is -0.410. The van der Waals surface area contributed by atoms with Gasteiger partial charge in [0.25, 0.3) is 0 Å². The van der Waals surface area contributed by atoms with Gasteiger partial charge in [0.2, 0.25) is 11.8 Å². The molecule has 0 saturated carbocycles. The van der Waals surface area contributed by atoms with Crippen molar-refractivity contribution >= 4 is 11.8 Å². The van der Waals surface area contributed by atoms with Gasteiger partial charge in [-0.25, -0.2) is 0 Å². The van der Waals surface area contributed by atoms with Crippen molar-refractivity contribution in [3.63, 3.8) is 0 Å². The molecular weight excluding hydrogens is 244 g/mol. The molecule has 1 fully saturated rings. The van der Waals surface area contributed by atoms with Crippen molar-refractivity contribution < 1.29 is 14.3 Å². The van der Waals surface area contributed by atoms with Gasteiger partial charge in [-0.1, -0.05) is 20.3 Å². The summed E-state index contributed by atoms with van der Waals surface area (Å²) in [6.07, 6.45) is 1.22. The number of nitrogens with one attached hydrogen (secondary N) is 1. The maximum absolute atomic E-state index is 12.5. The predicted octanol–water partition coefficient (Wildman–Crippen LogP) is 1.17. The van der Waals surface area contributed by atoms with Crippen LogP contribution in [-0.4, -0.2) is 48.6 Å². The molecule has 1 rings (SSSR count). The summed E-state index contributed by atoms with van der Waals surface area (Å²) in [6, 6.07) is -0.410. The van der Waals surface area contributed by atoms with Gasteiger partial charge in [-0.2, -0.15) is 0 Å². The second-order valence-electron chi connectivity index (χ2n) is 5.90. The van der Waals surface area contributed by atoms with E-state index in [1.54, 1.807) is 12.0 Å². The molecule has 2 atom stereocenters. The summed E-state index contributed by atoms with van der Waals surface area (Å²) in [5, 5.41) is 2.84. The topological polar surface area (TPSA) is 58.6 Å². The van der Waals surface area contributed by atoms with Gasteiger partial charge in [0.15, 0.2) is 0 Å². The smallest absolute Gasteiger partial charge is 0.245 e. The number of amides is 2. The van der Waals surface area contributed by atoms with Gasteiger partial charge in [0.05, 0.1) is 5.60 Å². The second-order valence-corrected chi connectivity index (χ2v) is 5.90. The molecule has 19 heavy (non-hydrogen) atoms. The second kappa shape index (κ2) is 6.37. The Morgan fingerprint density at radius 1 is 1.47 bits per heavy atom. The van der Waals surface area contributed by atoms with Crippen LogP contribution < -0.4 is 5.32 Å². The molecule has 0 radical (unpaired) electrons. The van der Waals surface area contributed by atoms with Gasteiger partial charge in [0.1, 0.15) is 6.04 Å². The molecule has 5 heteroatoms. The Balaban J connectivity index is 2.86. The van der Waals surface area contributed by atoms with Crippen molar-refractivity contribution in [2.75, 3.05) is 20.2 Å². The van der Waals surface area contributed by atoms with Crippen LogP contribution in [0.3, 0.4) is 0 Å². The molecule has 0 aromatic rings. The first kappa shape index (κ1) is 16.0. The van der Waals surface area contributed by atoms with E-state index >= 15 is 0 Å². The molecule has 0 aromatic carbocycles. The highest BCUT2D eigenvalue weighted by Gasteiger charge is 2.35. The Kier molecular flexibility index (Phi) is 5.35. The fourth-order valence-electron chi connectivity index (χ4n) is 2.15. The van der Waals surface area contributed by atoms with Crippen molar-refractivity contribution in [1.29, 1.82) is 0 Å². The van der Waals surface area contributed by atoms with E-state index in [0.717, 1.165) is 6.42 Å². The molecule has 1 saturated heterocycles. The largest absolute Gasteiger partial charge is 0.377 e. The molecule has 0 aromatic heterocycles. The highest BCUT2D eigenvalue weighted by Crippen LogP contribution is 2.17. The zero-order valence-electron chi connectivity index (χ0n) is 12.7. The summed E-state index contributed by atoms with van der Waals surface area (Å²) in [7, 11) is 1.64. The first-order valence-electron chi connectivity index (χ1n) is 6.94. The van der Waals surface area contributed by atoms with Crippen molar-refractivity contribution in [3.8, 4) is 0 Å². The molecule has 110 valence electrons. The molecule has 5 nitrogen and oxygen atoms in total. The Bertz CT molecular complexity index is 342. The Morgan fingerprint density at radius 3 is 2.63 bits per heavy atom. The Hall–Kier alpha value is -1.10. The zero-order valence-corrected chi connectivity index (χ0v) is 12.7. The average molecular weight is 270 g/mol. The van der Waals surface area contributed by atoms with Gasteiger partial charge in [-0.05, 0) is 19.8 Å². The number of hydrogen-bond donors (Lipinski definition) is 1. The lowest BCUT2D eigenvalue weighted by molar-refractivity contribution is -0.138. The molecule has 2 unspecified atom stereocenters. The number of methoxy groups -OCH3 is 1. The maximum atomic E-state index is 12.5. The Morgan fingerprint density at radius 2 is 2.11 bits per heavy atom. The monoisotopic (exact) mass is 270 g/mol. The summed E-state index contributed by atoms with van der Waals surface area (Å²) in [4.78, 5) is 26.0. The zero-order chi connectivity index (χ0) is 14.6. The standard InChI is InChI=1S/C14H26N2O3/c1-6-10(2)12-13(18)16(8-7-11(17)15-12)9-14(3,4)19-5/h10,12H,6-9H2,1-5H3,(H,15,17). The fourth-order valence-corrected chi connectivity index (χ4v) is 2.15. The van der Waals surface area contributed by atoms with Gasteiger partial charge in [-0.3, -0.25) is 9.59 Å². The molecule has 2 amide bonds. The number of rotatable bonds is 5. The highest BCUT2D eigenvalue weighted by molar-refractivity contribution is 5.90. The van der Waals surface area contributed by atoms with Crippen LogP contribution in [0.15, 0.2) is 0 Å². The third kappa shape index (κ3) is 4.20. The summed E-state index contributed by atoms with van der Waals surface area (Å²) in [5.74, 6) is 0.101. The predicted molar refractivity (Wildman–Crippen MR) is 73.7 cm³/mol. The third-order valence-corrected chi connectivity index (χ3v) is 3.84. The first-order valence-corrected chi connectivity index (χ1v) is 6.94. The van der Waals surface area contributed by atoms with Crippen LogP contribution in [0, 0.1) is 5.92 Å². The van der Waals surface area contributed by atoms with Crippen LogP contribution in [0.1, 0.15) is 40.5 Å². The van der Waals surface area contributed by atoms with Gasteiger partial charge >= 0.3 is 0 Å². The summed E-state index contributed by atoms with van der Waals surface area (Å²) < 4.78 is 5.38. The quantitative estimate of drug-likeness (QED) is 0.816. The molecule has 1 aliphatic heterocycles. The van der Waals surface area contributed by atoms with Gasteiger partial charge in [-0.15, -0.1) is 0 Å². The summed E-state index contributed by atoms with van der Waals surface area (Å²) in [5.41, 5.74) is -0.400. The number of carbonyl (C=O) groups is 2. The fraction of sp³-hybridized carbons (Fsp3) is 0.857. The van der Waals surface area contributed by atoms with Gasteiger partial charge < -0.3 is 15.0 Å². The van der Waals surface area contributed by atoms with Crippen molar-refractivity contribution in [3.05, 3.63) is 0 Å². The lowest BCUT2D eigenvalue weighted by atomic mass is 9.97. The van der Waals surface area contributed by atoms with Crippen LogP contribution in [0.5, 0.6) is 0 Å². The minimum Gasteiger partial charge on any atom is -0.377 e. The summed E-state index contributed by atoms with van der Waals surface area (Å²) in [6.45, 7) is 8.87. The first-order chi connectivity index (χ1) is 8.80. The van der Waals surface area contributed by atoms with Crippen molar-refractivity contribution in [2.45, 2.75) is 52.2 Å². The third-order valence-electron chi connectivity index (χ3n) is 3.84. The molecule has 0 spiro atoms. The number of nitrogens with zero attached hydrogens (tertiary/aromatic N) is 1. The van der Waals surface area contributed by atoms with Crippen LogP contribution in [0.4, 0.5) is 0 Å². The normalized spacial score (nSPS) is 23.0. The molecule has 1 heterocycles. The average Bonchev–Trinajstić information content (AvgIpc) is 2.51. The van der Waals surface area contributed by atoms with Crippen LogP contribution in [0.25, 0.3) is 0 Å². The van der Waals surface area contributed by atoms with Gasteiger partial charge in [0, 0.05) is 26.6 Å². The van der Waals surface area contributed by atoms with E-state index in [4.69, 9.17) is 4.74 Å². The van der Waals surface area contributed by atoms with Crippen molar-refractivity contribution in [1.82, 2.24) is 10.2 Å². The van der Waals surface area contributed by atoms with E-state index in [1.165, 1.54) is 0 Å². The minimum absolute atomic E-state index is 0.00493. The lowest BCUT2D eigenvalue weighted by Crippen LogP contribution is -2.51. The van der Waals surface area contributed by atoms with Crippen LogP contribution in [0.2, 0.25) is 0 Å². The lowest BCUT2D eigenvalue weighted by Gasteiger charge is -2.33. The molecule has 0 aliphatic carbocycles. The molecule has 1 aliphatic rings. The van der Waals surface area contributed by atoms with E-state index in [-0.39, 0.29) is 17.7 Å². The maximum Gasteiger partial charge on any atom is 0.245 e. The van der Waals surface area contributed by atoms with Crippen LogP contribution >= 0.6 is 0 Å². The molecule has 1 N–H and O–H groups in total. The Labute approximate surface area is 115 Å². The SMILES string of the molecule is CCC(C)C1NC(=O)CCN(CC(C)(C)OC)C1=O.